The van der Waals surface area contributed by atoms with E-state index in [1.165, 1.54) is 6.92 Å². The zero-order valence-corrected chi connectivity index (χ0v) is 13.9. The molecule has 1 fully saturated rings. The van der Waals surface area contributed by atoms with E-state index in [2.05, 4.69) is 5.32 Å². The molecule has 0 saturated carbocycles. The van der Waals surface area contributed by atoms with Crippen molar-refractivity contribution in [1.29, 1.82) is 0 Å². The number of nitrogens with one attached hydrogen (secondary N) is 1. The number of carbonyl (C=O) groups is 1. The van der Waals surface area contributed by atoms with Gasteiger partial charge in [0.1, 0.15) is 6.10 Å². The van der Waals surface area contributed by atoms with Gasteiger partial charge in [0.15, 0.2) is 0 Å². The van der Waals surface area contributed by atoms with Crippen LogP contribution >= 0.6 is 11.6 Å². The van der Waals surface area contributed by atoms with Crippen LogP contribution in [-0.2, 0) is 20.4 Å². The molecule has 1 aliphatic heterocycles. The SMILES string of the molecule is CC(OCC1CCCCO1)C(=O)Nc1cc(C(F)(F)F)ccc1Cl. The Bertz CT molecular complexity index is 574. The molecule has 2 rings (SSSR count). The van der Waals surface area contributed by atoms with Gasteiger partial charge in [0, 0.05) is 6.61 Å². The van der Waals surface area contributed by atoms with Gasteiger partial charge in [-0.15, -0.1) is 0 Å². The Balaban J connectivity index is 1.93. The Morgan fingerprint density at radius 2 is 2.21 bits per heavy atom. The molecule has 134 valence electrons. The summed E-state index contributed by atoms with van der Waals surface area (Å²) in [5, 5.41) is 2.40. The second-order valence-corrected chi connectivity index (χ2v) is 6.05. The number of anilines is 1. The highest BCUT2D eigenvalue weighted by molar-refractivity contribution is 6.33. The smallest absolute Gasteiger partial charge is 0.376 e. The van der Waals surface area contributed by atoms with Gasteiger partial charge < -0.3 is 14.8 Å². The van der Waals surface area contributed by atoms with E-state index in [1.807, 2.05) is 0 Å². The van der Waals surface area contributed by atoms with E-state index in [4.69, 9.17) is 21.1 Å². The van der Waals surface area contributed by atoms with Gasteiger partial charge in [-0.2, -0.15) is 13.2 Å². The maximum absolute atomic E-state index is 12.7. The molecule has 0 aromatic heterocycles. The van der Waals surface area contributed by atoms with Crippen molar-refractivity contribution in [2.45, 2.75) is 44.6 Å². The van der Waals surface area contributed by atoms with Gasteiger partial charge in [-0.1, -0.05) is 11.6 Å². The van der Waals surface area contributed by atoms with Crippen LogP contribution in [0.15, 0.2) is 18.2 Å². The molecule has 0 aliphatic carbocycles. The fourth-order valence-electron chi connectivity index (χ4n) is 2.30. The quantitative estimate of drug-likeness (QED) is 0.847. The normalized spacial score (nSPS) is 19.8. The highest BCUT2D eigenvalue weighted by atomic mass is 35.5. The molecule has 2 atom stereocenters. The first-order chi connectivity index (χ1) is 11.3. The average molecular weight is 366 g/mol. The first kappa shape index (κ1) is 19.0. The highest BCUT2D eigenvalue weighted by Crippen LogP contribution is 2.33. The van der Waals surface area contributed by atoms with Crippen molar-refractivity contribution >= 4 is 23.2 Å². The van der Waals surface area contributed by atoms with Crippen LogP contribution in [0, 0.1) is 0 Å². The fourth-order valence-corrected chi connectivity index (χ4v) is 2.46. The van der Waals surface area contributed by atoms with Crippen molar-refractivity contribution in [1.82, 2.24) is 0 Å². The number of amides is 1. The largest absolute Gasteiger partial charge is 0.416 e. The van der Waals surface area contributed by atoms with Gasteiger partial charge in [0.05, 0.1) is 29.0 Å². The molecule has 8 heteroatoms. The van der Waals surface area contributed by atoms with Gasteiger partial charge in [-0.05, 0) is 44.4 Å². The molecule has 1 saturated heterocycles. The van der Waals surface area contributed by atoms with Crippen molar-refractivity contribution in [3.8, 4) is 0 Å². The average Bonchev–Trinajstić information content (AvgIpc) is 2.54. The second-order valence-electron chi connectivity index (χ2n) is 5.65. The zero-order chi connectivity index (χ0) is 17.7. The van der Waals surface area contributed by atoms with E-state index in [-0.39, 0.29) is 23.4 Å². The third-order valence-electron chi connectivity index (χ3n) is 3.73. The van der Waals surface area contributed by atoms with Crippen molar-refractivity contribution in [3.63, 3.8) is 0 Å². The molecule has 1 heterocycles. The van der Waals surface area contributed by atoms with Gasteiger partial charge >= 0.3 is 6.18 Å². The van der Waals surface area contributed by atoms with E-state index < -0.39 is 23.8 Å². The zero-order valence-electron chi connectivity index (χ0n) is 13.2. The number of carbonyl (C=O) groups excluding carboxylic acids is 1. The summed E-state index contributed by atoms with van der Waals surface area (Å²) in [5.74, 6) is -0.563. The summed E-state index contributed by atoms with van der Waals surface area (Å²) in [4.78, 5) is 12.1. The number of ether oxygens (including phenoxy) is 2. The number of benzene rings is 1. The molecule has 1 aromatic carbocycles. The molecule has 0 bridgehead atoms. The van der Waals surface area contributed by atoms with E-state index in [9.17, 15) is 18.0 Å². The van der Waals surface area contributed by atoms with Crippen molar-refractivity contribution in [3.05, 3.63) is 28.8 Å². The summed E-state index contributed by atoms with van der Waals surface area (Å²) in [6.45, 7) is 2.47. The van der Waals surface area contributed by atoms with Crippen LogP contribution in [-0.4, -0.2) is 31.3 Å². The summed E-state index contributed by atoms with van der Waals surface area (Å²) in [5.41, 5.74) is -0.979. The number of hydrogen-bond donors (Lipinski definition) is 1. The highest BCUT2D eigenvalue weighted by Gasteiger charge is 2.31. The Morgan fingerprint density at radius 3 is 2.83 bits per heavy atom. The molecule has 4 nitrogen and oxygen atoms in total. The lowest BCUT2D eigenvalue weighted by Gasteiger charge is -2.24. The minimum absolute atomic E-state index is 0.0270. The number of alkyl halides is 3. The molecule has 1 N–H and O–H groups in total. The van der Waals surface area contributed by atoms with Crippen LogP contribution in [0.1, 0.15) is 31.7 Å². The lowest BCUT2D eigenvalue weighted by atomic mass is 10.1. The van der Waals surface area contributed by atoms with E-state index >= 15 is 0 Å². The summed E-state index contributed by atoms with van der Waals surface area (Å²) in [6.07, 6.45) is -2.46. The standard InChI is InChI=1S/C16H19ClF3NO3/c1-10(24-9-12-4-2-3-7-23-12)15(22)21-14-8-11(16(18,19)20)5-6-13(14)17/h5-6,8,10,12H,2-4,7,9H2,1H3,(H,21,22). The van der Waals surface area contributed by atoms with Gasteiger partial charge in [-0.3, -0.25) is 4.79 Å². The topological polar surface area (TPSA) is 47.6 Å². The van der Waals surface area contributed by atoms with Crippen molar-refractivity contribution < 1.29 is 27.4 Å². The van der Waals surface area contributed by atoms with Crippen LogP contribution in [0.4, 0.5) is 18.9 Å². The third-order valence-corrected chi connectivity index (χ3v) is 4.06. The van der Waals surface area contributed by atoms with Crippen molar-refractivity contribution in [2.75, 3.05) is 18.5 Å². The molecule has 0 radical (unpaired) electrons. The molecule has 1 aromatic rings. The molecule has 1 aliphatic rings. The molecular formula is C16H19ClF3NO3. The molecule has 24 heavy (non-hydrogen) atoms. The first-order valence-corrected chi connectivity index (χ1v) is 8.06. The van der Waals surface area contributed by atoms with Gasteiger partial charge in [0.2, 0.25) is 0 Å². The van der Waals surface area contributed by atoms with Crippen LogP contribution in [0.2, 0.25) is 5.02 Å². The molecule has 2 unspecified atom stereocenters. The summed E-state index contributed by atoms with van der Waals surface area (Å²) < 4.78 is 49.1. The van der Waals surface area contributed by atoms with Crippen LogP contribution in [0.5, 0.6) is 0 Å². The van der Waals surface area contributed by atoms with Crippen LogP contribution < -0.4 is 5.32 Å². The fraction of sp³-hybridized carbons (Fsp3) is 0.562. The van der Waals surface area contributed by atoms with E-state index in [1.54, 1.807) is 0 Å². The molecule has 1 amide bonds. The Kier molecular flexibility index (Phi) is 6.48. The van der Waals surface area contributed by atoms with Gasteiger partial charge in [0.25, 0.3) is 5.91 Å². The minimum Gasteiger partial charge on any atom is -0.376 e. The lowest BCUT2D eigenvalue weighted by molar-refractivity contribution is -0.137. The Labute approximate surface area is 143 Å². The monoisotopic (exact) mass is 365 g/mol. The maximum Gasteiger partial charge on any atom is 0.416 e. The van der Waals surface area contributed by atoms with Gasteiger partial charge in [-0.25, -0.2) is 0 Å². The summed E-state index contributed by atoms with van der Waals surface area (Å²) in [6, 6.07) is 2.76. The Morgan fingerprint density at radius 1 is 1.46 bits per heavy atom. The van der Waals surface area contributed by atoms with Crippen LogP contribution in [0.3, 0.4) is 0 Å². The predicted octanol–water partition coefficient (Wildman–Crippen LogP) is 4.27. The van der Waals surface area contributed by atoms with E-state index in [0.717, 1.165) is 37.5 Å². The number of hydrogen-bond acceptors (Lipinski definition) is 3. The van der Waals surface area contributed by atoms with E-state index in [0.29, 0.717) is 6.61 Å². The second kappa shape index (κ2) is 8.18. The third kappa shape index (κ3) is 5.36. The maximum atomic E-state index is 12.7. The summed E-state index contributed by atoms with van der Waals surface area (Å²) >= 11 is 5.85. The Hall–Kier alpha value is -1.31. The molecular weight excluding hydrogens is 347 g/mol. The molecule has 0 spiro atoms. The number of halogens is 4. The first-order valence-electron chi connectivity index (χ1n) is 7.68. The van der Waals surface area contributed by atoms with Crippen molar-refractivity contribution in [2.24, 2.45) is 0 Å². The van der Waals surface area contributed by atoms with Crippen LogP contribution in [0.25, 0.3) is 0 Å². The minimum atomic E-state index is -4.51. The number of rotatable bonds is 5. The summed E-state index contributed by atoms with van der Waals surface area (Å²) in [7, 11) is 0. The predicted molar refractivity (Wildman–Crippen MR) is 84.1 cm³/mol. The lowest BCUT2D eigenvalue weighted by Crippen LogP contribution is -2.32.